The van der Waals surface area contributed by atoms with Crippen molar-refractivity contribution < 1.29 is 9.53 Å². The van der Waals surface area contributed by atoms with Crippen molar-refractivity contribution in [3.63, 3.8) is 0 Å². The molecule has 1 aliphatic heterocycles. The molecule has 4 rings (SSSR count). The second-order valence-electron chi connectivity index (χ2n) is 7.33. The molecule has 2 aromatic rings. The van der Waals surface area contributed by atoms with Gasteiger partial charge in [0.25, 0.3) is 0 Å². The van der Waals surface area contributed by atoms with Crippen molar-refractivity contribution in [2.45, 2.75) is 38.6 Å². The van der Waals surface area contributed by atoms with Crippen LogP contribution in [0.2, 0.25) is 0 Å². The van der Waals surface area contributed by atoms with E-state index in [-0.39, 0.29) is 5.97 Å². The van der Waals surface area contributed by atoms with Gasteiger partial charge in [0.05, 0.1) is 18.2 Å². The number of carbonyl (C=O) groups is 1. The Morgan fingerprint density at radius 2 is 2.12 bits per heavy atom. The van der Waals surface area contributed by atoms with E-state index in [1.54, 1.807) is 0 Å². The third-order valence-electron chi connectivity index (χ3n) is 5.44. The maximum absolute atomic E-state index is 12.2. The first-order valence-electron chi connectivity index (χ1n) is 9.48. The lowest BCUT2D eigenvalue weighted by molar-refractivity contribution is 0.0505. The van der Waals surface area contributed by atoms with Crippen molar-refractivity contribution in [2.75, 3.05) is 11.9 Å². The standard InChI is InChI=1S/C23H25NO2/c1-3-12-26-23(25)17-10-11-21-20(14-17)18-8-5-9-19(18)22(24-21)16-7-4-6-15(2)13-16/h4-8,10-11,13-14,18-19,22,24H,3,9,12H2,1-2H3. The predicted molar refractivity (Wildman–Crippen MR) is 105 cm³/mol. The Hall–Kier alpha value is -2.55. The molecule has 2 aliphatic rings. The van der Waals surface area contributed by atoms with Crippen molar-refractivity contribution in [3.05, 3.63) is 76.9 Å². The first-order chi connectivity index (χ1) is 12.7. The Labute approximate surface area is 155 Å². The van der Waals surface area contributed by atoms with Crippen LogP contribution in [0.25, 0.3) is 0 Å². The Balaban J connectivity index is 1.68. The van der Waals surface area contributed by atoms with Crippen LogP contribution in [0, 0.1) is 12.8 Å². The zero-order valence-corrected chi connectivity index (χ0v) is 15.4. The number of ether oxygens (including phenoxy) is 1. The number of hydrogen-bond donors (Lipinski definition) is 1. The Morgan fingerprint density at radius 1 is 1.23 bits per heavy atom. The van der Waals surface area contributed by atoms with Crippen molar-refractivity contribution in [1.29, 1.82) is 0 Å². The molecule has 0 spiro atoms. The maximum Gasteiger partial charge on any atom is 0.338 e. The highest BCUT2D eigenvalue weighted by Crippen LogP contribution is 2.50. The van der Waals surface area contributed by atoms with Crippen LogP contribution in [0.3, 0.4) is 0 Å². The van der Waals surface area contributed by atoms with Gasteiger partial charge in [-0.25, -0.2) is 4.79 Å². The molecule has 0 aromatic heterocycles. The summed E-state index contributed by atoms with van der Waals surface area (Å²) in [5, 5.41) is 3.73. The van der Waals surface area contributed by atoms with Crippen molar-refractivity contribution in [1.82, 2.24) is 0 Å². The summed E-state index contributed by atoms with van der Waals surface area (Å²) in [6.45, 7) is 4.61. The number of aryl methyl sites for hydroxylation is 1. The Morgan fingerprint density at radius 3 is 2.92 bits per heavy atom. The molecule has 0 saturated heterocycles. The van der Waals surface area contributed by atoms with Crippen molar-refractivity contribution in [2.24, 2.45) is 5.92 Å². The molecule has 3 atom stereocenters. The van der Waals surface area contributed by atoms with E-state index in [0.717, 1.165) is 18.5 Å². The van der Waals surface area contributed by atoms with Crippen LogP contribution in [-0.2, 0) is 4.74 Å². The molecule has 0 bridgehead atoms. The second-order valence-corrected chi connectivity index (χ2v) is 7.33. The minimum atomic E-state index is -0.228. The van der Waals surface area contributed by atoms with Crippen LogP contribution >= 0.6 is 0 Å². The third kappa shape index (κ3) is 3.03. The number of benzene rings is 2. The lowest BCUT2D eigenvalue weighted by Crippen LogP contribution is -2.29. The van der Waals surface area contributed by atoms with Gasteiger partial charge in [0.2, 0.25) is 0 Å². The summed E-state index contributed by atoms with van der Waals surface area (Å²) in [6, 6.07) is 15.0. The second kappa shape index (κ2) is 6.99. The van der Waals surface area contributed by atoms with E-state index in [1.807, 2.05) is 25.1 Å². The van der Waals surface area contributed by atoms with E-state index in [9.17, 15) is 4.79 Å². The monoisotopic (exact) mass is 347 g/mol. The zero-order valence-electron chi connectivity index (χ0n) is 15.4. The van der Waals surface area contributed by atoms with Crippen LogP contribution in [-0.4, -0.2) is 12.6 Å². The number of allylic oxidation sites excluding steroid dienone is 2. The first kappa shape index (κ1) is 16.9. The van der Waals surface area contributed by atoms with Gasteiger partial charge in [0.15, 0.2) is 0 Å². The highest BCUT2D eigenvalue weighted by Gasteiger charge is 2.38. The van der Waals surface area contributed by atoms with E-state index in [0.29, 0.717) is 30.0 Å². The van der Waals surface area contributed by atoms with Crippen LogP contribution in [0.1, 0.15) is 58.8 Å². The van der Waals surface area contributed by atoms with Gasteiger partial charge < -0.3 is 10.1 Å². The van der Waals surface area contributed by atoms with Gasteiger partial charge in [0.1, 0.15) is 0 Å². The van der Waals surface area contributed by atoms with Gasteiger partial charge in [0, 0.05) is 11.6 Å². The summed E-state index contributed by atoms with van der Waals surface area (Å²) >= 11 is 0. The highest BCUT2D eigenvalue weighted by molar-refractivity contribution is 5.90. The summed E-state index contributed by atoms with van der Waals surface area (Å²) < 4.78 is 5.31. The molecule has 3 unspecified atom stereocenters. The fourth-order valence-corrected chi connectivity index (χ4v) is 4.19. The Kier molecular flexibility index (Phi) is 4.54. The summed E-state index contributed by atoms with van der Waals surface area (Å²) in [6.07, 6.45) is 6.47. The fraction of sp³-hybridized carbons (Fsp3) is 0.348. The van der Waals surface area contributed by atoms with Crippen LogP contribution < -0.4 is 5.32 Å². The molecule has 1 aliphatic carbocycles. The molecule has 26 heavy (non-hydrogen) atoms. The normalized spacial score (nSPS) is 23.1. The summed E-state index contributed by atoms with van der Waals surface area (Å²) in [7, 11) is 0. The molecule has 1 N–H and O–H groups in total. The molecule has 0 radical (unpaired) electrons. The lowest BCUT2D eigenvalue weighted by Gasteiger charge is -2.37. The molecule has 1 heterocycles. The summed E-state index contributed by atoms with van der Waals surface area (Å²) in [5.74, 6) is 0.593. The third-order valence-corrected chi connectivity index (χ3v) is 5.44. The molecule has 0 amide bonds. The molecule has 0 fully saturated rings. The number of hydrogen-bond acceptors (Lipinski definition) is 3. The van der Waals surface area contributed by atoms with Gasteiger partial charge in [-0.3, -0.25) is 0 Å². The maximum atomic E-state index is 12.2. The largest absolute Gasteiger partial charge is 0.462 e. The molecule has 3 nitrogen and oxygen atoms in total. The average Bonchev–Trinajstić information content (AvgIpc) is 3.15. The molecule has 0 saturated carbocycles. The number of fused-ring (bicyclic) bond motifs is 3. The average molecular weight is 347 g/mol. The number of carbonyl (C=O) groups excluding carboxylic acids is 1. The van der Waals surface area contributed by atoms with Gasteiger partial charge in [-0.15, -0.1) is 0 Å². The number of rotatable bonds is 4. The minimum absolute atomic E-state index is 0.228. The van der Waals surface area contributed by atoms with Gasteiger partial charge >= 0.3 is 5.97 Å². The minimum Gasteiger partial charge on any atom is -0.462 e. The molecule has 2 aromatic carbocycles. The topological polar surface area (TPSA) is 38.3 Å². The Bertz CT molecular complexity index is 855. The van der Waals surface area contributed by atoms with Crippen LogP contribution in [0.4, 0.5) is 5.69 Å². The first-order valence-corrected chi connectivity index (χ1v) is 9.48. The summed E-state index contributed by atoms with van der Waals surface area (Å²) in [5.41, 5.74) is 5.59. The zero-order chi connectivity index (χ0) is 18.1. The number of nitrogens with one attached hydrogen (secondary N) is 1. The molecular weight excluding hydrogens is 322 g/mol. The highest BCUT2D eigenvalue weighted by atomic mass is 16.5. The van der Waals surface area contributed by atoms with E-state index >= 15 is 0 Å². The van der Waals surface area contributed by atoms with Crippen molar-refractivity contribution >= 4 is 11.7 Å². The predicted octanol–water partition coefficient (Wildman–Crippen LogP) is 5.39. The molecule has 134 valence electrons. The van der Waals surface area contributed by atoms with Crippen molar-refractivity contribution in [3.8, 4) is 0 Å². The fourth-order valence-electron chi connectivity index (χ4n) is 4.19. The lowest BCUT2D eigenvalue weighted by atomic mass is 9.76. The smallest absolute Gasteiger partial charge is 0.338 e. The SMILES string of the molecule is CCCOC(=O)c1ccc2c(c1)C1C=CCC1C(c1cccc(C)c1)N2. The molecule has 3 heteroatoms. The van der Waals surface area contributed by atoms with E-state index < -0.39 is 0 Å². The van der Waals surface area contributed by atoms with Crippen LogP contribution in [0.5, 0.6) is 0 Å². The van der Waals surface area contributed by atoms with E-state index in [1.165, 1.54) is 16.7 Å². The number of esters is 1. The summed E-state index contributed by atoms with van der Waals surface area (Å²) in [4.78, 5) is 12.2. The number of anilines is 1. The van der Waals surface area contributed by atoms with Crippen LogP contribution in [0.15, 0.2) is 54.6 Å². The van der Waals surface area contributed by atoms with E-state index in [2.05, 4.69) is 48.7 Å². The van der Waals surface area contributed by atoms with Gasteiger partial charge in [-0.1, -0.05) is 48.9 Å². The quantitative estimate of drug-likeness (QED) is 0.595. The van der Waals surface area contributed by atoms with Gasteiger partial charge in [-0.2, -0.15) is 0 Å². The van der Waals surface area contributed by atoms with E-state index in [4.69, 9.17) is 4.74 Å². The van der Waals surface area contributed by atoms with Gasteiger partial charge in [-0.05, 0) is 55.0 Å². The molecular formula is C23H25NO2.